The first-order valence-electron chi connectivity index (χ1n) is 7.20. The SMILES string of the molecule is Cc1cccc2c(=O)[nH]c(CSc3nc4sccc4c(=O)[nH]3)nc12. The molecule has 3 heterocycles. The average molecular weight is 356 g/mol. The summed E-state index contributed by atoms with van der Waals surface area (Å²) >= 11 is 2.76. The number of hydrogen-bond donors (Lipinski definition) is 2. The molecule has 0 saturated carbocycles. The number of para-hydroxylation sites is 1. The molecule has 0 aliphatic carbocycles. The smallest absolute Gasteiger partial charge is 0.260 e. The van der Waals surface area contributed by atoms with E-state index in [0.717, 1.165) is 5.56 Å². The van der Waals surface area contributed by atoms with Gasteiger partial charge in [-0.25, -0.2) is 9.97 Å². The molecular formula is C16H12N4O2S2. The van der Waals surface area contributed by atoms with Crippen LogP contribution >= 0.6 is 23.1 Å². The molecule has 0 radical (unpaired) electrons. The number of thioether (sulfide) groups is 1. The third kappa shape index (κ3) is 2.63. The van der Waals surface area contributed by atoms with Gasteiger partial charge in [-0.05, 0) is 30.0 Å². The van der Waals surface area contributed by atoms with E-state index in [2.05, 4.69) is 19.9 Å². The second kappa shape index (κ2) is 5.88. The first-order chi connectivity index (χ1) is 11.6. The number of H-pyrrole nitrogens is 2. The highest BCUT2D eigenvalue weighted by atomic mass is 32.2. The molecule has 0 spiro atoms. The van der Waals surface area contributed by atoms with Crippen molar-refractivity contribution in [3.05, 3.63) is 61.7 Å². The van der Waals surface area contributed by atoms with Crippen molar-refractivity contribution in [1.82, 2.24) is 19.9 Å². The Balaban J connectivity index is 1.67. The van der Waals surface area contributed by atoms with Crippen molar-refractivity contribution >= 4 is 44.2 Å². The predicted molar refractivity (Wildman–Crippen MR) is 96.9 cm³/mol. The number of aromatic nitrogens is 4. The van der Waals surface area contributed by atoms with Crippen LogP contribution in [0.1, 0.15) is 11.4 Å². The summed E-state index contributed by atoms with van der Waals surface area (Å²) in [4.78, 5) is 39.4. The van der Waals surface area contributed by atoms with Crippen LogP contribution in [0.25, 0.3) is 21.1 Å². The van der Waals surface area contributed by atoms with Gasteiger partial charge in [-0.15, -0.1) is 11.3 Å². The molecule has 1 aromatic carbocycles. The number of thiophene rings is 1. The van der Waals surface area contributed by atoms with Crippen LogP contribution in [0.4, 0.5) is 0 Å². The topological polar surface area (TPSA) is 91.5 Å². The van der Waals surface area contributed by atoms with E-state index in [1.807, 2.05) is 24.4 Å². The molecule has 24 heavy (non-hydrogen) atoms. The van der Waals surface area contributed by atoms with Crippen LogP contribution in [0.5, 0.6) is 0 Å². The molecule has 0 saturated heterocycles. The van der Waals surface area contributed by atoms with E-state index in [9.17, 15) is 9.59 Å². The van der Waals surface area contributed by atoms with Crippen LogP contribution in [0.3, 0.4) is 0 Å². The number of hydrogen-bond acceptors (Lipinski definition) is 6. The summed E-state index contributed by atoms with van der Waals surface area (Å²) in [7, 11) is 0. The molecule has 0 fully saturated rings. The van der Waals surface area contributed by atoms with Gasteiger partial charge in [-0.1, -0.05) is 23.9 Å². The van der Waals surface area contributed by atoms with Gasteiger partial charge in [0.05, 0.1) is 22.0 Å². The minimum atomic E-state index is -0.158. The van der Waals surface area contributed by atoms with Gasteiger partial charge >= 0.3 is 0 Å². The number of aryl methyl sites for hydroxylation is 1. The largest absolute Gasteiger partial charge is 0.309 e. The van der Waals surface area contributed by atoms with Crippen molar-refractivity contribution < 1.29 is 0 Å². The van der Waals surface area contributed by atoms with Crippen molar-refractivity contribution in [2.45, 2.75) is 17.8 Å². The number of fused-ring (bicyclic) bond motifs is 2. The van der Waals surface area contributed by atoms with E-state index in [0.29, 0.717) is 37.9 Å². The van der Waals surface area contributed by atoms with E-state index in [4.69, 9.17) is 0 Å². The van der Waals surface area contributed by atoms with Gasteiger partial charge in [0.15, 0.2) is 5.16 Å². The molecule has 0 bridgehead atoms. The number of nitrogens with one attached hydrogen (secondary N) is 2. The van der Waals surface area contributed by atoms with Crippen LogP contribution in [0.15, 0.2) is 44.4 Å². The second-order valence-electron chi connectivity index (χ2n) is 5.28. The molecule has 0 amide bonds. The highest BCUT2D eigenvalue weighted by molar-refractivity contribution is 7.98. The van der Waals surface area contributed by atoms with Gasteiger partial charge in [0, 0.05) is 0 Å². The second-order valence-corrected chi connectivity index (χ2v) is 7.14. The Morgan fingerprint density at radius 1 is 1.08 bits per heavy atom. The molecule has 0 atom stereocenters. The number of rotatable bonds is 3. The Hall–Kier alpha value is -2.45. The average Bonchev–Trinajstić information content (AvgIpc) is 3.03. The van der Waals surface area contributed by atoms with E-state index in [1.165, 1.54) is 23.1 Å². The first-order valence-corrected chi connectivity index (χ1v) is 9.07. The highest BCUT2D eigenvalue weighted by Gasteiger charge is 2.09. The Labute approximate surface area is 144 Å². The lowest BCUT2D eigenvalue weighted by atomic mass is 10.1. The van der Waals surface area contributed by atoms with Gasteiger partial charge in [-0.2, -0.15) is 0 Å². The number of benzene rings is 1. The quantitative estimate of drug-likeness (QED) is 0.435. The molecule has 2 N–H and O–H groups in total. The summed E-state index contributed by atoms with van der Waals surface area (Å²) in [6.45, 7) is 1.93. The first kappa shape index (κ1) is 15.1. The van der Waals surface area contributed by atoms with E-state index in [1.54, 1.807) is 12.1 Å². The zero-order chi connectivity index (χ0) is 16.7. The fourth-order valence-corrected chi connectivity index (χ4v) is 4.02. The number of nitrogens with zero attached hydrogens (tertiary/aromatic N) is 2. The Kier molecular flexibility index (Phi) is 3.70. The minimum Gasteiger partial charge on any atom is -0.309 e. The summed E-state index contributed by atoms with van der Waals surface area (Å²) in [6, 6.07) is 7.28. The normalized spacial score (nSPS) is 11.4. The van der Waals surface area contributed by atoms with Gasteiger partial charge < -0.3 is 9.97 Å². The van der Waals surface area contributed by atoms with Crippen molar-refractivity contribution in [2.75, 3.05) is 0 Å². The molecule has 0 aliphatic rings. The van der Waals surface area contributed by atoms with Crippen LogP contribution in [0.2, 0.25) is 0 Å². The van der Waals surface area contributed by atoms with E-state index < -0.39 is 0 Å². The monoisotopic (exact) mass is 356 g/mol. The van der Waals surface area contributed by atoms with Gasteiger partial charge in [0.1, 0.15) is 10.7 Å². The van der Waals surface area contributed by atoms with E-state index in [-0.39, 0.29) is 11.1 Å². The fraction of sp³-hybridized carbons (Fsp3) is 0.125. The lowest BCUT2D eigenvalue weighted by Gasteiger charge is -2.05. The zero-order valence-electron chi connectivity index (χ0n) is 12.6. The molecule has 0 unspecified atom stereocenters. The molecule has 4 aromatic rings. The standard InChI is InChI=1S/C16H12N4O2S2/c1-8-3-2-4-9-12(8)17-11(18-13(9)21)7-24-16-19-14(22)10-5-6-23-15(10)20-16/h2-6H,7H2,1H3,(H,17,18,21)(H,19,20,22). The van der Waals surface area contributed by atoms with E-state index >= 15 is 0 Å². The summed E-state index contributed by atoms with van der Waals surface area (Å²) < 4.78 is 0. The van der Waals surface area contributed by atoms with Crippen molar-refractivity contribution in [3.8, 4) is 0 Å². The molecule has 120 valence electrons. The lowest BCUT2D eigenvalue weighted by Crippen LogP contribution is -2.12. The molecule has 4 rings (SSSR count). The van der Waals surface area contributed by atoms with Crippen molar-refractivity contribution in [3.63, 3.8) is 0 Å². The molecule has 6 nitrogen and oxygen atoms in total. The van der Waals surface area contributed by atoms with Crippen LogP contribution in [-0.4, -0.2) is 19.9 Å². The third-order valence-corrected chi connectivity index (χ3v) is 5.34. The Morgan fingerprint density at radius 3 is 2.79 bits per heavy atom. The maximum atomic E-state index is 12.2. The van der Waals surface area contributed by atoms with Gasteiger partial charge in [-0.3, -0.25) is 9.59 Å². The summed E-state index contributed by atoms with van der Waals surface area (Å²) in [5.74, 6) is 0.972. The minimum absolute atomic E-state index is 0.153. The maximum Gasteiger partial charge on any atom is 0.260 e. The fourth-order valence-electron chi connectivity index (χ4n) is 2.47. The lowest BCUT2D eigenvalue weighted by molar-refractivity contribution is 0.969. The highest BCUT2D eigenvalue weighted by Crippen LogP contribution is 2.21. The van der Waals surface area contributed by atoms with Crippen LogP contribution in [0, 0.1) is 6.92 Å². The number of aromatic amines is 2. The summed E-state index contributed by atoms with van der Waals surface area (Å²) in [6.07, 6.45) is 0. The zero-order valence-corrected chi connectivity index (χ0v) is 14.3. The molecule has 3 aromatic heterocycles. The Bertz CT molecular complexity index is 1180. The maximum absolute atomic E-state index is 12.2. The molecule has 0 aliphatic heterocycles. The van der Waals surface area contributed by atoms with Gasteiger partial charge in [0.2, 0.25) is 0 Å². The molecule has 8 heteroatoms. The third-order valence-electron chi connectivity index (χ3n) is 3.65. The van der Waals surface area contributed by atoms with Gasteiger partial charge in [0.25, 0.3) is 11.1 Å². The van der Waals surface area contributed by atoms with Crippen molar-refractivity contribution in [1.29, 1.82) is 0 Å². The Morgan fingerprint density at radius 2 is 1.92 bits per heavy atom. The molecular weight excluding hydrogens is 344 g/mol. The summed E-state index contributed by atoms with van der Waals surface area (Å²) in [5.41, 5.74) is 1.34. The van der Waals surface area contributed by atoms with Crippen LogP contribution in [-0.2, 0) is 5.75 Å². The van der Waals surface area contributed by atoms with Crippen molar-refractivity contribution in [2.24, 2.45) is 0 Å². The summed E-state index contributed by atoms with van der Waals surface area (Å²) in [5, 5.41) is 3.53. The van der Waals surface area contributed by atoms with Crippen LogP contribution < -0.4 is 11.1 Å². The predicted octanol–water partition coefficient (Wildman–Crippen LogP) is 2.82.